The Morgan fingerprint density at radius 3 is 2.21 bits per heavy atom. The van der Waals surface area contributed by atoms with Crippen LogP contribution in [0.5, 0.6) is 0 Å². The van der Waals surface area contributed by atoms with Crippen LogP contribution >= 0.6 is 0 Å². The van der Waals surface area contributed by atoms with Gasteiger partial charge in [-0.15, -0.1) is 0 Å². The van der Waals surface area contributed by atoms with E-state index < -0.39 is 18.1 Å². The van der Waals surface area contributed by atoms with E-state index in [0.29, 0.717) is 25.3 Å². The highest BCUT2D eigenvalue weighted by atomic mass is 16.5. The normalized spacial score (nSPS) is 15.3. The second-order valence-corrected chi connectivity index (χ2v) is 8.86. The molecule has 0 saturated heterocycles. The Hall–Kier alpha value is -3.35. The minimum atomic E-state index is -1.07. The molecule has 0 heterocycles. The van der Waals surface area contributed by atoms with Crippen molar-refractivity contribution in [3.8, 4) is 11.1 Å². The smallest absolute Gasteiger partial charge is 0.407 e. The molecule has 1 fully saturated rings. The molecule has 1 atom stereocenters. The van der Waals surface area contributed by atoms with Crippen LogP contribution in [0.15, 0.2) is 48.5 Å². The molecule has 2 N–H and O–H groups in total. The first-order valence-electron chi connectivity index (χ1n) is 11.6. The first-order valence-corrected chi connectivity index (χ1v) is 11.6. The van der Waals surface area contributed by atoms with Crippen molar-refractivity contribution in [2.24, 2.45) is 5.92 Å². The SMILES string of the molecule is CCCN(CC(=O)O)C(=O)C(CC1CC1)NC(=O)OCC1c2ccccc2-c2ccccc21. The van der Waals surface area contributed by atoms with Gasteiger partial charge in [0.1, 0.15) is 19.2 Å². The first kappa shape index (κ1) is 22.8. The Labute approximate surface area is 193 Å². The van der Waals surface area contributed by atoms with E-state index >= 15 is 0 Å². The topological polar surface area (TPSA) is 95.9 Å². The largest absolute Gasteiger partial charge is 0.480 e. The van der Waals surface area contributed by atoms with Crippen LogP contribution in [0.25, 0.3) is 11.1 Å². The fourth-order valence-electron chi connectivity index (χ4n) is 4.61. The van der Waals surface area contributed by atoms with E-state index in [1.807, 2.05) is 31.2 Å². The summed E-state index contributed by atoms with van der Waals surface area (Å²) in [6.07, 6.45) is 2.52. The number of carboxylic acid groups (broad SMARTS) is 1. The molecule has 0 bridgehead atoms. The molecular formula is C26H30N2O5. The molecule has 0 aliphatic heterocycles. The van der Waals surface area contributed by atoms with Crippen molar-refractivity contribution in [3.63, 3.8) is 0 Å². The summed E-state index contributed by atoms with van der Waals surface area (Å²) in [7, 11) is 0. The van der Waals surface area contributed by atoms with Crippen molar-refractivity contribution in [2.45, 2.75) is 44.6 Å². The highest BCUT2D eigenvalue weighted by Crippen LogP contribution is 2.44. The molecule has 0 spiro atoms. The van der Waals surface area contributed by atoms with Gasteiger partial charge >= 0.3 is 12.1 Å². The van der Waals surface area contributed by atoms with Crippen LogP contribution in [0.4, 0.5) is 4.79 Å². The number of carbonyl (C=O) groups excluding carboxylic acids is 2. The fraction of sp³-hybridized carbons (Fsp3) is 0.423. The van der Waals surface area contributed by atoms with Crippen molar-refractivity contribution in [1.82, 2.24) is 10.2 Å². The molecular weight excluding hydrogens is 420 g/mol. The van der Waals surface area contributed by atoms with Crippen molar-refractivity contribution in [3.05, 3.63) is 59.7 Å². The summed E-state index contributed by atoms with van der Waals surface area (Å²) in [5.74, 6) is -1.12. The van der Waals surface area contributed by atoms with E-state index in [-0.39, 0.29) is 25.0 Å². The third-order valence-electron chi connectivity index (χ3n) is 6.33. The number of carbonyl (C=O) groups is 3. The number of benzene rings is 2. The lowest BCUT2D eigenvalue weighted by molar-refractivity contribution is -0.145. The van der Waals surface area contributed by atoms with Gasteiger partial charge in [-0.1, -0.05) is 68.3 Å². The predicted molar refractivity (Wildman–Crippen MR) is 124 cm³/mol. The average molecular weight is 451 g/mol. The van der Waals surface area contributed by atoms with Crippen molar-refractivity contribution < 1.29 is 24.2 Å². The lowest BCUT2D eigenvalue weighted by Gasteiger charge is -2.26. The van der Waals surface area contributed by atoms with E-state index in [1.54, 1.807) is 0 Å². The monoisotopic (exact) mass is 450 g/mol. The summed E-state index contributed by atoms with van der Waals surface area (Å²) < 4.78 is 5.61. The van der Waals surface area contributed by atoms with Gasteiger partial charge in [-0.2, -0.15) is 0 Å². The van der Waals surface area contributed by atoms with Crippen LogP contribution < -0.4 is 5.32 Å². The molecule has 2 aliphatic rings. The highest BCUT2D eigenvalue weighted by molar-refractivity contribution is 5.88. The Balaban J connectivity index is 1.43. The van der Waals surface area contributed by atoms with E-state index in [0.717, 1.165) is 35.1 Å². The van der Waals surface area contributed by atoms with Gasteiger partial charge in [-0.25, -0.2) is 4.79 Å². The number of carboxylic acids is 1. The van der Waals surface area contributed by atoms with Gasteiger partial charge in [-0.05, 0) is 41.0 Å². The van der Waals surface area contributed by atoms with Gasteiger partial charge in [-0.3, -0.25) is 9.59 Å². The maximum Gasteiger partial charge on any atom is 0.407 e. The van der Waals surface area contributed by atoms with Crippen LogP contribution in [-0.4, -0.2) is 53.7 Å². The Morgan fingerprint density at radius 1 is 1.06 bits per heavy atom. The Kier molecular flexibility index (Phi) is 6.96. The van der Waals surface area contributed by atoms with Crippen LogP contribution in [-0.2, 0) is 14.3 Å². The van der Waals surface area contributed by atoms with Crippen LogP contribution in [0, 0.1) is 5.92 Å². The quantitative estimate of drug-likeness (QED) is 0.570. The second-order valence-electron chi connectivity index (χ2n) is 8.86. The van der Waals surface area contributed by atoms with E-state index in [9.17, 15) is 19.5 Å². The number of amides is 2. The van der Waals surface area contributed by atoms with Crippen LogP contribution in [0.3, 0.4) is 0 Å². The zero-order chi connectivity index (χ0) is 23.4. The summed E-state index contributed by atoms with van der Waals surface area (Å²) in [6.45, 7) is 2.01. The van der Waals surface area contributed by atoms with Gasteiger partial charge in [0.2, 0.25) is 5.91 Å². The molecule has 2 amide bonds. The van der Waals surface area contributed by atoms with E-state index in [4.69, 9.17) is 4.74 Å². The molecule has 7 heteroatoms. The first-order chi connectivity index (χ1) is 16.0. The molecule has 2 aromatic carbocycles. The number of hydrogen-bond donors (Lipinski definition) is 2. The number of hydrogen-bond acceptors (Lipinski definition) is 4. The summed E-state index contributed by atoms with van der Waals surface area (Å²) in [5.41, 5.74) is 4.53. The van der Waals surface area contributed by atoms with Crippen LogP contribution in [0.1, 0.15) is 49.7 Å². The third kappa shape index (κ3) is 5.35. The minimum Gasteiger partial charge on any atom is -0.480 e. The maximum absolute atomic E-state index is 13.0. The molecule has 2 aromatic rings. The Morgan fingerprint density at radius 2 is 1.67 bits per heavy atom. The highest BCUT2D eigenvalue weighted by Gasteiger charge is 2.34. The molecule has 2 aliphatic carbocycles. The zero-order valence-corrected chi connectivity index (χ0v) is 18.8. The van der Waals surface area contributed by atoms with Gasteiger partial charge in [0.05, 0.1) is 0 Å². The van der Waals surface area contributed by atoms with E-state index in [1.165, 1.54) is 4.90 Å². The summed E-state index contributed by atoms with van der Waals surface area (Å²) >= 11 is 0. The third-order valence-corrected chi connectivity index (χ3v) is 6.33. The molecule has 1 unspecified atom stereocenters. The standard InChI is InChI=1S/C26H30N2O5/c1-2-13-28(15-24(29)30)25(31)23(14-17-11-12-17)27-26(32)33-16-22-20-9-5-3-7-18(20)19-8-4-6-10-21(19)22/h3-10,17,22-23H,2,11-16H2,1H3,(H,27,32)(H,29,30). The molecule has 0 aromatic heterocycles. The van der Waals surface area contributed by atoms with Gasteiger partial charge < -0.3 is 20.1 Å². The number of rotatable bonds is 10. The lowest BCUT2D eigenvalue weighted by Crippen LogP contribution is -2.50. The van der Waals surface area contributed by atoms with Crippen molar-refractivity contribution >= 4 is 18.0 Å². The number of ether oxygens (including phenoxy) is 1. The average Bonchev–Trinajstić information content (AvgIpc) is 3.57. The number of fused-ring (bicyclic) bond motifs is 3. The van der Waals surface area contributed by atoms with Gasteiger partial charge in [0.15, 0.2) is 0 Å². The molecule has 174 valence electrons. The lowest BCUT2D eigenvalue weighted by atomic mass is 9.98. The molecule has 1 saturated carbocycles. The molecule has 0 radical (unpaired) electrons. The van der Waals surface area contributed by atoms with Crippen molar-refractivity contribution in [1.29, 1.82) is 0 Å². The molecule has 7 nitrogen and oxygen atoms in total. The predicted octanol–water partition coefficient (Wildman–Crippen LogP) is 4.02. The number of nitrogens with zero attached hydrogens (tertiary/aromatic N) is 1. The number of nitrogens with one attached hydrogen (secondary N) is 1. The Bertz CT molecular complexity index is 987. The van der Waals surface area contributed by atoms with Crippen LogP contribution in [0.2, 0.25) is 0 Å². The van der Waals surface area contributed by atoms with E-state index in [2.05, 4.69) is 29.6 Å². The van der Waals surface area contributed by atoms with Gasteiger partial charge in [0, 0.05) is 12.5 Å². The number of alkyl carbamates (subject to hydrolysis) is 1. The summed E-state index contributed by atoms with van der Waals surface area (Å²) in [4.78, 5) is 38.3. The zero-order valence-electron chi connectivity index (χ0n) is 18.8. The maximum atomic E-state index is 13.0. The summed E-state index contributed by atoms with van der Waals surface area (Å²) in [5, 5.41) is 11.9. The minimum absolute atomic E-state index is 0.0654. The molecule has 4 rings (SSSR count). The molecule has 33 heavy (non-hydrogen) atoms. The van der Waals surface area contributed by atoms with Gasteiger partial charge in [0.25, 0.3) is 0 Å². The fourth-order valence-corrected chi connectivity index (χ4v) is 4.61. The number of aliphatic carboxylic acids is 1. The summed E-state index contributed by atoms with van der Waals surface area (Å²) in [6, 6.07) is 15.4. The second kappa shape index (κ2) is 10.1. The van der Waals surface area contributed by atoms with Crippen molar-refractivity contribution in [2.75, 3.05) is 19.7 Å².